The van der Waals surface area contributed by atoms with E-state index in [0.29, 0.717) is 22.5 Å². The highest BCUT2D eigenvalue weighted by atomic mass is 19.4. The van der Waals surface area contributed by atoms with Crippen LogP contribution in [0.3, 0.4) is 0 Å². The average Bonchev–Trinajstić information content (AvgIpc) is 3.22. The van der Waals surface area contributed by atoms with Crippen LogP contribution < -0.4 is 20.1 Å². The number of benzene rings is 3. The molecule has 1 aliphatic rings. The molecule has 2 heterocycles. The SMILES string of the molecule is O=C(Nc1cccc(C(F)(F)F)c1)c1oc2ccccc2c1NC(=O)[C@H]1COc2ccccc2O1. The Morgan fingerprint density at radius 2 is 1.63 bits per heavy atom. The van der Waals surface area contributed by atoms with Crippen molar-refractivity contribution in [3.8, 4) is 11.5 Å². The molecule has 0 radical (unpaired) electrons. The van der Waals surface area contributed by atoms with Crippen molar-refractivity contribution in [2.24, 2.45) is 0 Å². The molecular weight excluding hydrogens is 465 g/mol. The summed E-state index contributed by atoms with van der Waals surface area (Å²) in [5, 5.41) is 5.49. The number of furan rings is 1. The van der Waals surface area contributed by atoms with Gasteiger partial charge in [-0.15, -0.1) is 0 Å². The molecule has 10 heteroatoms. The number of anilines is 2. The molecule has 4 aromatic rings. The van der Waals surface area contributed by atoms with Crippen molar-refractivity contribution in [1.29, 1.82) is 0 Å². The number of ether oxygens (including phenoxy) is 2. The number of fused-ring (bicyclic) bond motifs is 2. The zero-order valence-corrected chi connectivity index (χ0v) is 17.9. The summed E-state index contributed by atoms with van der Waals surface area (Å²) in [5.41, 5.74) is -0.618. The summed E-state index contributed by atoms with van der Waals surface area (Å²) in [6.45, 7) is -0.0512. The number of carbonyl (C=O) groups is 2. The van der Waals surface area contributed by atoms with Crippen molar-refractivity contribution >= 4 is 34.2 Å². The van der Waals surface area contributed by atoms with E-state index in [1.54, 1.807) is 48.5 Å². The highest BCUT2D eigenvalue weighted by Gasteiger charge is 2.32. The molecule has 2 amide bonds. The number of para-hydroxylation sites is 3. The molecule has 0 spiro atoms. The van der Waals surface area contributed by atoms with Gasteiger partial charge in [0.05, 0.1) is 5.56 Å². The maximum absolute atomic E-state index is 13.0. The summed E-state index contributed by atoms with van der Waals surface area (Å²) in [5.74, 6) is -0.778. The number of amides is 2. The molecule has 0 aliphatic carbocycles. The second kappa shape index (κ2) is 8.71. The minimum absolute atomic E-state index is 0.0512. The number of rotatable bonds is 4. The van der Waals surface area contributed by atoms with Crippen molar-refractivity contribution < 1.29 is 36.7 Å². The van der Waals surface area contributed by atoms with Crippen LogP contribution >= 0.6 is 0 Å². The van der Waals surface area contributed by atoms with Gasteiger partial charge in [-0.05, 0) is 42.5 Å². The van der Waals surface area contributed by atoms with Crippen LogP contribution in [0.2, 0.25) is 0 Å². The highest BCUT2D eigenvalue weighted by Crippen LogP contribution is 2.35. The lowest BCUT2D eigenvalue weighted by Crippen LogP contribution is -2.40. The molecule has 3 aromatic carbocycles. The van der Waals surface area contributed by atoms with Gasteiger partial charge in [-0.25, -0.2) is 0 Å². The molecule has 0 saturated carbocycles. The van der Waals surface area contributed by atoms with Gasteiger partial charge in [0.1, 0.15) is 17.9 Å². The molecule has 0 bridgehead atoms. The van der Waals surface area contributed by atoms with E-state index in [0.717, 1.165) is 12.1 Å². The molecule has 0 unspecified atom stereocenters. The summed E-state index contributed by atoms with van der Waals surface area (Å²) in [4.78, 5) is 26.0. The molecule has 2 N–H and O–H groups in total. The van der Waals surface area contributed by atoms with Gasteiger partial charge < -0.3 is 24.5 Å². The maximum atomic E-state index is 13.0. The lowest BCUT2D eigenvalue weighted by molar-refractivity contribution is -0.137. The van der Waals surface area contributed by atoms with E-state index in [1.165, 1.54) is 12.1 Å². The first-order valence-corrected chi connectivity index (χ1v) is 10.5. The zero-order valence-electron chi connectivity index (χ0n) is 17.9. The van der Waals surface area contributed by atoms with Crippen LogP contribution in [0, 0.1) is 0 Å². The van der Waals surface area contributed by atoms with E-state index in [1.807, 2.05) is 0 Å². The zero-order chi connectivity index (χ0) is 24.6. The Morgan fingerprint density at radius 3 is 2.43 bits per heavy atom. The first-order valence-electron chi connectivity index (χ1n) is 10.5. The number of halogens is 3. The van der Waals surface area contributed by atoms with Crippen LogP contribution in [0.15, 0.2) is 77.2 Å². The summed E-state index contributed by atoms with van der Waals surface area (Å²) in [6, 6.07) is 17.7. The molecule has 178 valence electrons. The highest BCUT2D eigenvalue weighted by molar-refractivity contribution is 6.15. The lowest BCUT2D eigenvalue weighted by atomic mass is 10.1. The van der Waals surface area contributed by atoms with E-state index in [-0.39, 0.29) is 23.7 Å². The minimum atomic E-state index is -4.57. The molecule has 1 aliphatic heterocycles. The van der Waals surface area contributed by atoms with Crippen LogP contribution in [0.1, 0.15) is 16.1 Å². The summed E-state index contributed by atoms with van der Waals surface area (Å²) < 4.78 is 56.1. The van der Waals surface area contributed by atoms with Crippen LogP contribution in [-0.2, 0) is 11.0 Å². The monoisotopic (exact) mass is 482 g/mol. The first kappa shape index (κ1) is 22.3. The predicted octanol–water partition coefficient (Wildman–Crippen LogP) is 5.48. The van der Waals surface area contributed by atoms with Crippen LogP contribution in [0.25, 0.3) is 11.0 Å². The second-order valence-corrected chi connectivity index (χ2v) is 7.69. The normalized spacial score (nSPS) is 15.0. The van der Waals surface area contributed by atoms with Crippen LogP contribution in [0.4, 0.5) is 24.5 Å². The van der Waals surface area contributed by atoms with Crippen molar-refractivity contribution in [1.82, 2.24) is 0 Å². The summed E-state index contributed by atoms with van der Waals surface area (Å²) in [7, 11) is 0. The third-order valence-electron chi connectivity index (χ3n) is 5.30. The number of hydrogen-bond donors (Lipinski definition) is 2. The number of hydrogen-bond acceptors (Lipinski definition) is 5. The Balaban J connectivity index is 1.42. The summed E-state index contributed by atoms with van der Waals surface area (Å²) in [6.07, 6.45) is -5.57. The van der Waals surface area contributed by atoms with E-state index in [9.17, 15) is 22.8 Å². The van der Waals surface area contributed by atoms with Crippen molar-refractivity contribution in [3.05, 3.63) is 84.1 Å². The Labute approximate surface area is 196 Å². The van der Waals surface area contributed by atoms with E-state index >= 15 is 0 Å². The fraction of sp³-hybridized carbons (Fsp3) is 0.120. The third kappa shape index (κ3) is 4.50. The second-order valence-electron chi connectivity index (χ2n) is 7.69. The predicted molar refractivity (Wildman–Crippen MR) is 121 cm³/mol. The quantitative estimate of drug-likeness (QED) is 0.402. The molecule has 1 aromatic heterocycles. The molecule has 0 saturated heterocycles. The lowest BCUT2D eigenvalue weighted by Gasteiger charge is -2.25. The van der Waals surface area contributed by atoms with E-state index in [4.69, 9.17) is 13.9 Å². The largest absolute Gasteiger partial charge is 0.485 e. The molecule has 0 fully saturated rings. The van der Waals surface area contributed by atoms with Gasteiger partial charge in [0, 0.05) is 11.1 Å². The molecular formula is C25H17F3N2O5. The maximum Gasteiger partial charge on any atom is 0.416 e. The first-order chi connectivity index (χ1) is 16.8. The van der Waals surface area contributed by atoms with Gasteiger partial charge in [-0.3, -0.25) is 9.59 Å². The number of carbonyl (C=O) groups excluding carboxylic acids is 2. The van der Waals surface area contributed by atoms with E-state index in [2.05, 4.69) is 10.6 Å². The van der Waals surface area contributed by atoms with Crippen molar-refractivity contribution in [3.63, 3.8) is 0 Å². The molecule has 5 rings (SSSR count). The van der Waals surface area contributed by atoms with Gasteiger partial charge in [0.2, 0.25) is 11.9 Å². The molecule has 1 atom stereocenters. The Kier molecular flexibility index (Phi) is 5.56. The Bertz CT molecular complexity index is 1430. The fourth-order valence-electron chi connectivity index (χ4n) is 3.64. The van der Waals surface area contributed by atoms with Crippen LogP contribution in [0.5, 0.6) is 11.5 Å². The number of alkyl halides is 3. The fourth-order valence-corrected chi connectivity index (χ4v) is 3.64. The number of nitrogens with one attached hydrogen (secondary N) is 2. The van der Waals surface area contributed by atoms with Crippen molar-refractivity contribution in [2.45, 2.75) is 12.3 Å². The molecule has 35 heavy (non-hydrogen) atoms. The topological polar surface area (TPSA) is 89.8 Å². The Morgan fingerprint density at radius 1 is 0.886 bits per heavy atom. The standard InChI is InChI=1S/C25H17F3N2O5/c26-25(27,28)14-6-5-7-15(12-14)29-24(32)22-21(16-8-1-2-9-17(16)35-22)30-23(31)20-13-33-18-10-3-4-11-19(18)34-20/h1-12,20H,13H2,(H,29,32)(H,30,31)/t20-/m1/s1. The minimum Gasteiger partial charge on any atom is -0.485 e. The van der Waals surface area contributed by atoms with Crippen molar-refractivity contribution in [2.75, 3.05) is 17.2 Å². The van der Waals surface area contributed by atoms with Gasteiger partial charge in [-0.2, -0.15) is 13.2 Å². The van der Waals surface area contributed by atoms with E-state index < -0.39 is 29.7 Å². The van der Waals surface area contributed by atoms with Crippen LogP contribution in [-0.4, -0.2) is 24.5 Å². The summed E-state index contributed by atoms with van der Waals surface area (Å²) >= 11 is 0. The molecule has 7 nitrogen and oxygen atoms in total. The van der Waals surface area contributed by atoms with Gasteiger partial charge in [-0.1, -0.05) is 30.3 Å². The van der Waals surface area contributed by atoms with Gasteiger partial charge >= 0.3 is 6.18 Å². The van der Waals surface area contributed by atoms with Gasteiger partial charge in [0.15, 0.2) is 11.5 Å². The van der Waals surface area contributed by atoms with Gasteiger partial charge in [0.25, 0.3) is 11.8 Å². The smallest absolute Gasteiger partial charge is 0.416 e. The third-order valence-corrected chi connectivity index (χ3v) is 5.30. The Hall–Kier alpha value is -4.47. The average molecular weight is 482 g/mol.